The van der Waals surface area contributed by atoms with Crippen molar-refractivity contribution >= 4 is 17.5 Å². The molecule has 1 fully saturated rings. The highest BCUT2D eigenvalue weighted by atomic mass is 16.5. The van der Waals surface area contributed by atoms with Gasteiger partial charge in [-0.25, -0.2) is 9.67 Å². The van der Waals surface area contributed by atoms with Crippen molar-refractivity contribution in [3.05, 3.63) is 73.0 Å². The highest BCUT2D eigenvalue weighted by Gasteiger charge is 2.47. The van der Waals surface area contributed by atoms with E-state index in [1.54, 1.807) is 12.4 Å². The van der Waals surface area contributed by atoms with Crippen molar-refractivity contribution in [1.82, 2.24) is 24.9 Å². The number of aromatic nitrogens is 5. The summed E-state index contributed by atoms with van der Waals surface area (Å²) >= 11 is 0. The van der Waals surface area contributed by atoms with Gasteiger partial charge in [0.2, 0.25) is 0 Å². The van der Waals surface area contributed by atoms with Crippen LogP contribution in [0.3, 0.4) is 0 Å². The Bertz CT molecular complexity index is 1230. The number of pyridine rings is 1. The number of hydrogen-bond donors (Lipinski definition) is 3. The zero-order chi connectivity index (χ0) is 23.6. The Hall–Kier alpha value is -4.05. The zero-order valence-corrected chi connectivity index (χ0v) is 18.3. The van der Waals surface area contributed by atoms with E-state index in [1.165, 1.54) is 17.1 Å². The summed E-state index contributed by atoms with van der Waals surface area (Å²) in [5.74, 6) is 1.49. The number of nitrogens with two attached hydrogens (primary N) is 2. The molecule has 1 aliphatic carbocycles. The summed E-state index contributed by atoms with van der Waals surface area (Å²) in [6.07, 6.45) is 10.2. The number of rotatable bonds is 9. The average Bonchev–Trinajstić information content (AvgIpc) is 3.35. The van der Waals surface area contributed by atoms with E-state index in [9.17, 15) is 5.11 Å². The van der Waals surface area contributed by atoms with Crippen molar-refractivity contribution < 1.29 is 9.63 Å². The number of aliphatic imine (C=N–C) groups is 1. The van der Waals surface area contributed by atoms with Gasteiger partial charge in [-0.05, 0) is 37.3 Å². The van der Waals surface area contributed by atoms with Crippen molar-refractivity contribution in [3.8, 4) is 11.5 Å². The van der Waals surface area contributed by atoms with Crippen molar-refractivity contribution in [1.29, 1.82) is 0 Å². The van der Waals surface area contributed by atoms with Gasteiger partial charge in [-0.3, -0.25) is 4.98 Å². The molecule has 10 nitrogen and oxygen atoms in total. The molecule has 0 aliphatic heterocycles. The Morgan fingerprint density at radius 1 is 1.36 bits per heavy atom. The lowest BCUT2D eigenvalue weighted by Crippen LogP contribution is -2.28. The van der Waals surface area contributed by atoms with Crippen LogP contribution < -0.4 is 11.5 Å². The van der Waals surface area contributed by atoms with Crippen LogP contribution in [0.4, 0.5) is 0 Å². The van der Waals surface area contributed by atoms with Gasteiger partial charge in [0, 0.05) is 30.4 Å². The topological polar surface area (TPSA) is 154 Å². The molecule has 0 saturated heterocycles. The summed E-state index contributed by atoms with van der Waals surface area (Å²) in [6.45, 7) is 9.21. The fraction of sp³-hybridized carbons (Fsp3) is 0.261. The molecule has 4 rings (SSSR count). The molecule has 0 radical (unpaired) electrons. The summed E-state index contributed by atoms with van der Waals surface area (Å²) in [5, 5.41) is 17.7. The van der Waals surface area contributed by atoms with Gasteiger partial charge in [0.25, 0.3) is 5.89 Å². The largest absolute Gasteiger partial charge is 0.404 e. The minimum Gasteiger partial charge on any atom is -0.404 e. The Morgan fingerprint density at radius 3 is 2.76 bits per heavy atom. The second-order valence-electron chi connectivity index (χ2n) is 8.10. The van der Waals surface area contributed by atoms with Crippen LogP contribution in [-0.2, 0) is 5.41 Å². The highest BCUT2D eigenvalue weighted by Crippen LogP contribution is 2.50. The van der Waals surface area contributed by atoms with Gasteiger partial charge in [-0.1, -0.05) is 24.4 Å². The van der Waals surface area contributed by atoms with Gasteiger partial charge in [-0.15, -0.1) is 0 Å². The first-order valence-electron chi connectivity index (χ1n) is 10.4. The molecule has 5 N–H and O–H groups in total. The second-order valence-corrected chi connectivity index (χ2v) is 8.10. The minimum atomic E-state index is -0.468. The molecule has 33 heavy (non-hydrogen) atoms. The van der Waals surface area contributed by atoms with E-state index < -0.39 is 5.41 Å². The standard InChI is InChI=1S/C23H26N8O2/c1-14(13-32)31-12-17(10-28-31)21-29-22(30-33-21)23(3,18-4-5-18)19-6-7-20(27-11-19)16(8-24)9-26-15(2)25/h6-12,18,32H,1-2,4-5,13,24-25H2,3H3/b16-8+,26-9-. The molecule has 3 aromatic rings. The van der Waals surface area contributed by atoms with Gasteiger partial charge in [0.15, 0.2) is 5.82 Å². The van der Waals surface area contributed by atoms with Crippen molar-refractivity contribution in [2.45, 2.75) is 25.2 Å². The van der Waals surface area contributed by atoms with E-state index in [2.05, 4.69) is 45.3 Å². The molecule has 0 aromatic carbocycles. The number of nitrogens with zero attached hydrogens (tertiary/aromatic N) is 6. The van der Waals surface area contributed by atoms with Gasteiger partial charge in [0.1, 0.15) is 5.82 Å². The number of aliphatic hydroxyl groups excluding tert-OH is 1. The number of aliphatic hydroxyl groups is 1. The third kappa shape index (κ3) is 4.33. The molecule has 170 valence electrons. The summed E-state index contributed by atoms with van der Waals surface area (Å²) in [5.41, 5.74) is 14.1. The van der Waals surface area contributed by atoms with E-state index in [0.29, 0.717) is 40.2 Å². The summed E-state index contributed by atoms with van der Waals surface area (Å²) < 4.78 is 7.05. The van der Waals surface area contributed by atoms with Crippen LogP contribution in [0.2, 0.25) is 0 Å². The van der Waals surface area contributed by atoms with Gasteiger partial charge >= 0.3 is 0 Å². The van der Waals surface area contributed by atoms with E-state index in [4.69, 9.17) is 16.0 Å². The number of allylic oxidation sites excluding steroid dienone is 1. The molecule has 3 heterocycles. The Kier molecular flexibility index (Phi) is 5.93. The normalized spacial score (nSPS) is 16.1. The Balaban J connectivity index is 1.64. The van der Waals surface area contributed by atoms with Crippen molar-refractivity contribution in [2.75, 3.05) is 6.61 Å². The quantitative estimate of drug-likeness (QED) is 0.423. The van der Waals surface area contributed by atoms with Crippen molar-refractivity contribution in [2.24, 2.45) is 22.4 Å². The van der Waals surface area contributed by atoms with Gasteiger partial charge in [-0.2, -0.15) is 10.1 Å². The van der Waals surface area contributed by atoms with E-state index in [0.717, 1.165) is 18.4 Å². The predicted octanol–water partition coefficient (Wildman–Crippen LogP) is 2.31. The molecule has 0 amide bonds. The van der Waals surface area contributed by atoms with Crippen LogP contribution in [-0.4, -0.2) is 42.8 Å². The summed E-state index contributed by atoms with van der Waals surface area (Å²) in [7, 11) is 0. The molecule has 0 spiro atoms. The first kappa shape index (κ1) is 22.2. The third-order valence-corrected chi connectivity index (χ3v) is 5.83. The molecular formula is C23H26N8O2. The third-order valence-electron chi connectivity index (χ3n) is 5.83. The molecule has 1 atom stereocenters. The van der Waals surface area contributed by atoms with Gasteiger partial charge in [0.05, 0.1) is 35.2 Å². The monoisotopic (exact) mass is 446 g/mol. The minimum absolute atomic E-state index is 0.186. The van der Waals surface area contributed by atoms with Crippen molar-refractivity contribution in [3.63, 3.8) is 0 Å². The molecular weight excluding hydrogens is 420 g/mol. The zero-order valence-electron chi connectivity index (χ0n) is 18.3. The Labute approximate surface area is 191 Å². The maximum absolute atomic E-state index is 9.25. The number of hydrogen-bond acceptors (Lipinski definition) is 9. The molecule has 1 unspecified atom stereocenters. The Morgan fingerprint density at radius 2 is 2.15 bits per heavy atom. The molecule has 1 aliphatic rings. The molecule has 10 heteroatoms. The molecule has 0 bridgehead atoms. The maximum Gasteiger partial charge on any atom is 0.261 e. The molecule has 3 aromatic heterocycles. The van der Waals surface area contributed by atoms with E-state index >= 15 is 0 Å². The predicted molar refractivity (Wildman–Crippen MR) is 125 cm³/mol. The maximum atomic E-state index is 9.25. The average molecular weight is 447 g/mol. The van der Waals surface area contributed by atoms with E-state index in [1.807, 2.05) is 18.3 Å². The molecule has 1 saturated carbocycles. The lowest BCUT2D eigenvalue weighted by atomic mass is 9.77. The fourth-order valence-corrected chi connectivity index (χ4v) is 3.66. The van der Waals surface area contributed by atoms with Crippen LogP contribution in [0.15, 0.2) is 65.4 Å². The lowest BCUT2D eigenvalue weighted by Gasteiger charge is -2.26. The van der Waals surface area contributed by atoms with Crippen LogP contribution in [0.1, 0.15) is 36.8 Å². The first-order chi connectivity index (χ1) is 15.9. The van der Waals surface area contributed by atoms with Crippen LogP contribution >= 0.6 is 0 Å². The summed E-state index contributed by atoms with van der Waals surface area (Å²) in [4.78, 5) is 13.3. The second kappa shape index (κ2) is 8.83. The highest BCUT2D eigenvalue weighted by molar-refractivity contribution is 6.09. The summed E-state index contributed by atoms with van der Waals surface area (Å²) in [6, 6.07) is 3.88. The smallest absolute Gasteiger partial charge is 0.261 e. The van der Waals surface area contributed by atoms with Crippen LogP contribution in [0.5, 0.6) is 0 Å². The van der Waals surface area contributed by atoms with E-state index in [-0.39, 0.29) is 12.4 Å². The lowest BCUT2D eigenvalue weighted by molar-refractivity contribution is 0.342. The first-order valence-corrected chi connectivity index (χ1v) is 10.4. The SMILES string of the molecule is C=C(N)/N=C\C(=C/N)c1ccc(C(C)(c2noc(-c3cnn(C(=C)CO)c3)n2)C2CC2)cn1. The van der Waals surface area contributed by atoms with Gasteiger partial charge < -0.3 is 21.1 Å². The van der Waals surface area contributed by atoms with Crippen LogP contribution in [0, 0.1) is 5.92 Å². The fourth-order valence-electron chi connectivity index (χ4n) is 3.66. The van der Waals surface area contributed by atoms with Crippen LogP contribution in [0.25, 0.3) is 22.7 Å².